The van der Waals surface area contributed by atoms with Crippen LogP contribution in [0.1, 0.15) is 10.4 Å². The molecule has 2 amide bonds. The summed E-state index contributed by atoms with van der Waals surface area (Å²) in [5, 5.41) is 0. The fraction of sp³-hybridized carbons (Fsp3) is 0.0588. The van der Waals surface area contributed by atoms with Crippen LogP contribution >= 0.6 is 0 Å². The highest BCUT2D eigenvalue weighted by Gasteiger charge is 2.50. The zero-order chi connectivity index (χ0) is 16.7. The summed E-state index contributed by atoms with van der Waals surface area (Å²) in [6.45, 7) is 0. The number of hydrogen-bond acceptors (Lipinski definition) is 6. The van der Waals surface area contributed by atoms with Crippen molar-refractivity contribution in [1.82, 2.24) is 15.8 Å². The third-order valence-electron chi connectivity index (χ3n) is 3.97. The Morgan fingerprint density at radius 2 is 1.88 bits per heavy atom. The molecule has 0 saturated carbocycles. The third-order valence-corrected chi connectivity index (χ3v) is 3.97. The van der Waals surface area contributed by atoms with Crippen molar-refractivity contribution in [3.63, 3.8) is 0 Å². The molecule has 1 unspecified atom stereocenters. The van der Waals surface area contributed by atoms with Gasteiger partial charge in [0.15, 0.2) is 0 Å². The summed E-state index contributed by atoms with van der Waals surface area (Å²) in [4.78, 5) is 42.9. The van der Waals surface area contributed by atoms with E-state index in [-0.39, 0.29) is 17.1 Å². The Morgan fingerprint density at radius 1 is 1.08 bits per heavy atom. The summed E-state index contributed by atoms with van der Waals surface area (Å²) in [6.07, 6.45) is 2.97. The predicted molar refractivity (Wildman–Crippen MR) is 84.6 cm³/mol. The topological polar surface area (TPSA) is 91.4 Å². The number of fused-ring (bicyclic) bond motifs is 1. The molecule has 1 saturated heterocycles. The minimum atomic E-state index is -0.867. The molecule has 4 rings (SSSR count). The lowest BCUT2D eigenvalue weighted by atomic mass is 10.0. The van der Waals surface area contributed by atoms with Gasteiger partial charge in [0.05, 0.1) is 11.3 Å². The normalized spacial score (nSPS) is 19.5. The number of ketones is 1. The molecule has 2 N–H and O–H groups in total. The van der Waals surface area contributed by atoms with E-state index in [2.05, 4.69) is 15.8 Å². The number of nitrogens with zero attached hydrogens (tertiary/aromatic N) is 2. The van der Waals surface area contributed by atoms with Gasteiger partial charge in [-0.1, -0.05) is 18.2 Å². The summed E-state index contributed by atoms with van der Waals surface area (Å²) in [6, 6.07) is 11.0. The molecule has 0 spiro atoms. The highest BCUT2D eigenvalue weighted by atomic mass is 16.2. The molecule has 0 aliphatic carbocycles. The predicted octanol–water partition coefficient (Wildman–Crippen LogP) is 0.568. The molecule has 24 heavy (non-hydrogen) atoms. The number of nitrogens with one attached hydrogen (secondary N) is 2. The minimum absolute atomic E-state index is 0.0878. The molecule has 7 nitrogen and oxygen atoms in total. The zero-order valence-corrected chi connectivity index (χ0v) is 12.4. The van der Waals surface area contributed by atoms with E-state index in [1.807, 2.05) is 0 Å². The van der Waals surface area contributed by atoms with Crippen LogP contribution in [0.2, 0.25) is 0 Å². The maximum Gasteiger partial charge on any atom is 0.265 e. The lowest BCUT2D eigenvalue weighted by Gasteiger charge is -2.15. The van der Waals surface area contributed by atoms with E-state index in [4.69, 9.17) is 0 Å². The van der Waals surface area contributed by atoms with Crippen LogP contribution in [0.15, 0.2) is 66.1 Å². The first kappa shape index (κ1) is 14.3. The Balaban J connectivity index is 1.76. The number of aromatic nitrogens is 1. The number of allylic oxidation sites excluding steroid dienone is 1. The third kappa shape index (κ3) is 2.03. The van der Waals surface area contributed by atoms with E-state index < -0.39 is 17.9 Å². The number of para-hydroxylation sites is 1. The molecule has 118 valence electrons. The van der Waals surface area contributed by atoms with Gasteiger partial charge >= 0.3 is 0 Å². The average Bonchev–Trinajstić information content (AvgIpc) is 3.17. The van der Waals surface area contributed by atoms with Crippen LogP contribution in [-0.4, -0.2) is 28.6 Å². The SMILES string of the molecule is O=C(C1=C2C(=O)N(c3ccccc3)C(=O)C2NN1)c1cccnc1. The largest absolute Gasteiger partial charge is 0.316 e. The number of rotatable bonds is 3. The van der Waals surface area contributed by atoms with E-state index in [0.717, 1.165) is 4.90 Å². The number of benzene rings is 1. The monoisotopic (exact) mass is 320 g/mol. The molecular weight excluding hydrogens is 308 g/mol. The van der Waals surface area contributed by atoms with E-state index in [9.17, 15) is 14.4 Å². The number of carbonyl (C=O) groups excluding carboxylic acids is 3. The highest BCUT2D eigenvalue weighted by Crippen LogP contribution is 2.30. The van der Waals surface area contributed by atoms with Crippen molar-refractivity contribution < 1.29 is 14.4 Å². The summed E-state index contributed by atoms with van der Waals surface area (Å²) in [5.41, 5.74) is 6.44. The Hall–Kier alpha value is -3.32. The number of hydrazine groups is 1. The van der Waals surface area contributed by atoms with Gasteiger partial charge in [-0.3, -0.25) is 19.4 Å². The maximum atomic E-state index is 12.7. The van der Waals surface area contributed by atoms with Gasteiger partial charge in [-0.05, 0) is 24.3 Å². The van der Waals surface area contributed by atoms with Gasteiger partial charge in [-0.15, -0.1) is 0 Å². The lowest BCUT2D eigenvalue weighted by Crippen LogP contribution is -2.42. The number of carbonyl (C=O) groups is 3. The highest BCUT2D eigenvalue weighted by molar-refractivity contribution is 6.33. The average molecular weight is 320 g/mol. The van der Waals surface area contributed by atoms with Crippen LogP contribution in [0.3, 0.4) is 0 Å². The van der Waals surface area contributed by atoms with Crippen LogP contribution in [0, 0.1) is 0 Å². The Bertz CT molecular complexity index is 877. The second-order valence-corrected chi connectivity index (χ2v) is 5.38. The van der Waals surface area contributed by atoms with Crippen LogP contribution in [0.5, 0.6) is 0 Å². The summed E-state index contributed by atoms with van der Waals surface area (Å²) in [5.74, 6) is -1.30. The molecule has 2 aliphatic rings. The van der Waals surface area contributed by atoms with Crippen LogP contribution < -0.4 is 15.8 Å². The van der Waals surface area contributed by atoms with Gasteiger partial charge in [-0.2, -0.15) is 0 Å². The fourth-order valence-corrected chi connectivity index (χ4v) is 2.84. The number of hydrogen-bond donors (Lipinski definition) is 2. The van der Waals surface area contributed by atoms with Gasteiger partial charge in [0.25, 0.3) is 11.8 Å². The van der Waals surface area contributed by atoms with E-state index >= 15 is 0 Å². The van der Waals surface area contributed by atoms with Crippen molar-refractivity contribution in [3.8, 4) is 0 Å². The van der Waals surface area contributed by atoms with E-state index in [0.29, 0.717) is 11.3 Å². The first-order valence-corrected chi connectivity index (χ1v) is 7.32. The molecule has 3 heterocycles. The van der Waals surface area contributed by atoms with Crippen molar-refractivity contribution in [3.05, 3.63) is 71.7 Å². The van der Waals surface area contributed by atoms with Gasteiger partial charge in [-0.25, -0.2) is 10.3 Å². The number of pyridine rings is 1. The van der Waals surface area contributed by atoms with Crippen molar-refractivity contribution in [1.29, 1.82) is 0 Å². The number of Topliss-reactive ketones (excluding diaryl/α,β-unsaturated/α-hetero) is 1. The molecule has 1 aromatic heterocycles. The van der Waals surface area contributed by atoms with E-state index in [1.54, 1.807) is 48.7 Å². The number of imide groups is 1. The molecule has 2 aromatic rings. The second-order valence-electron chi connectivity index (χ2n) is 5.38. The van der Waals surface area contributed by atoms with Crippen molar-refractivity contribution >= 4 is 23.3 Å². The maximum absolute atomic E-state index is 12.7. The Morgan fingerprint density at radius 3 is 2.58 bits per heavy atom. The molecule has 0 radical (unpaired) electrons. The van der Waals surface area contributed by atoms with Crippen molar-refractivity contribution in [2.24, 2.45) is 0 Å². The van der Waals surface area contributed by atoms with Crippen LogP contribution in [0.25, 0.3) is 0 Å². The molecular formula is C17H12N4O3. The fourth-order valence-electron chi connectivity index (χ4n) is 2.84. The number of anilines is 1. The van der Waals surface area contributed by atoms with E-state index in [1.165, 1.54) is 6.20 Å². The van der Waals surface area contributed by atoms with Gasteiger partial charge in [0.2, 0.25) is 5.78 Å². The first-order chi connectivity index (χ1) is 11.7. The molecule has 2 aliphatic heterocycles. The smallest absolute Gasteiger partial charge is 0.265 e. The lowest BCUT2D eigenvalue weighted by molar-refractivity contribution is -0.121. The molecule has 1 aromatic carbocycles. The Kier molecular flexibility index (Phi) is 3.21. The molecule has 1 fully saturated rings. The van der Waals surface area contributed by atoms with Crippen molar-refractivity contribution in [2.75, 3.05) is 4.90 Å². The summed E-state index contributed by atoms with van der Waals surface area (Å²) >= 11 is 0. The quantitative estimate of drug-likeness (QED) is 0.634. The van der Waals surface area contributed by atoms with Gasteiger partial charge in [0, 0.05) is 18.0 Å². The van der Waals surface area contributed by atoms with Crippen molar-refractivity contribution in [2.45, 2.75) is 6.04 Å². The molecule has 1 atom stereocenters. The standard InChI is InChI=1S/C17H12N4O3/c22-15(10-5-4-8-18-9-10)13-12-14(20-19-13)17(24)21(16(12)23)11-6-2-1-3-7-11/h1-9,14,19-20H. The molecule has 7 heteroatoms. The minimum Gasteiger partial charge on any atom is -0.316 e. The second kappa shape index (κ2) is 5.39. The summed E-state index contributed by atoms with van der Waals surface area (Å²) in [7, 11) is 0. The van der Waals surface area contributed by atoms with Gasteiger partial charge < -0.3 is 5.43 Å². The first-order valence-electron chi connectivity index (χ1n) is 7.32. The van der Waals surface area contributed by atoms with Crippen LogP contribution in [0.4, 0.5) is 5.69 Å². The summed E-state index contributed by atoms with van der Waals surface area (Å²) < 4.78 is 0. The number of amides is 2. The molecule has 0 bridgehead atoms. The van der Waals surface area contributed by atoms with Gasteiger partial charge in [0.1, 0.15) is 11.7 Å². The Labute approximate surface area is 137 Å². The van der Waals surface area contributed by atoms with Crippen LogP contribution in [-0.2, 0) is 9.59 Å². The zero-order valence-electron chi connectivity index (χ0n) is 12.4.